The van der Waals surface area contributed by atoms with Crippen molar-refractivity contribution < 1.29 is 19.7 Å². The lowest BCUT2D eigenvalue weighted by Gasteiger charge is -2.22. The van der Waals surface area contributed by atoms with Crippen LogP contribution in [0.15, 0.2) is 12.2 Å². The highest BCUT2D eigenvalue weighted by atomic mass is 16.5. The molecule has 96 valence electrons. The van der Waals surface area contributed by atoms with Crippen molar-refractivity contribution in [2.24, 2.45) is 5.92 Å². The molecule has 2 aliphatic rings. The first-order chi connectivity index (χ1) is 8.18. The third-order valence-electron chi connectivity index (χ3n) is 3.72. The number of ether oxygens (including phenoxy) is 1. The summed E-state index contributed by atoms with van der Waals surface area (Å²) in [5.41, 5.74) is 0. The van der Waals surface area contributed by atoms with E-state index in [0.717, 1.165) is 25.7 Å². The topological polar surface area (TPSA) is 66.8 Å². The highest BCUT2D eigenvalue weighted by Crippen LogP contribution is 2.40. The van der Waals surface area contributed by atoms with Crippen LogP contribution in [0.5, 0.6) is 0 Å². The molecule has 2 bridgehead atoms. The van der Waals surface area contributed by atoms with Crippen LogP contribution in [0.2, 0.25) is 0 Å². The Morgan fingerprint density at radius 3 is 2.71 bits per heavy atom. The van der Waals surface area contributed by atoms with E-state index in [-0.39, 0.29) is 30.7 Å². The molecule has 0 unspecified atom stereocenters. The van der Waals surface area contributed by atoms with Crippen LogP contribution in [-0.2, 0) is 9.53 Å². The van der Waals surface area contributed by atoms with Crippen molar-refractivity contribution in [2.75, 3.05) is 0 Å². The predicted molar refractivity (Wildman–Crippen MR) is 62.6 cm³/mol. The van der Waals surface area contributed by atoms with Gasteiger partial charge in [-0.15, -0.1) is 0 Å². The first-order valence-electron chi connectivity index (χ1n) is 6.39. The fourth-order valence-electron chi connectivity index (χ4n) is 2.78. The molecule has 4 heteroatoms. The summed E-state index contributed by atoms with van der Waals surface area (Å²) in [5.74, 6) is -0.500. The van der Waals surface area contributed by atoms with Gasteiger partial charge in [0.15, 0.2) is 0 Å². The van der Waals surface area contributed by atoms with Gasteiger partial charge >= 0.3 is 5.97 Å². The molecule has 2 heterocycles. The molecule has 0 saturated carbocycles. The standard InChI is InChI=1S/C13H20O4/c14-12(15)6-4-2-1-3-5-9-10-7-8-11(17-10)13(9)16/h1,3,9-11,13,16H,2,4-8H2,(H,14,15)/b3-1-/t9-,10+,11-,13-/m1/s1. The second kappa shape index (κ2) is 5.65. The minimum atomic E-state index is -0.740. The maximum Gasteiger partial charge on any atom is 0.303 e. The lowest BCUT2D eigenvalue weighted by molar-refractivity contribution is -0.137. The maximum atomic E-state index is 10.3. The molecule has 0 aromatic rings. The van der Waals surface area contributed by atoms with E-state index in [2.05, 4.69) is 6.08 Å². The summed E-state index contributed by atoms with van der Waals surface area (Å²) in [7, 11) is 0. The van der Waals surface area contributed by atoms with Gasteiger partial charge in [-0.05, 0) is 32.1 Å². The Balaban J connectivity index is 1.65. The molecule has 2 aliphatic heterocycles. The highest BCUT2D eigenvalue weighted by molar-refractivity contribution is 5.66. The summed E-state index contributed by atoms with van der Waals surface area (Å²) in [6.45, 7) is 0. The molecule has 0 aromatic carbocycles. The second-order valence-electron chi connectivity index (χ2n) is 4.94. The minimum absolute atomic E-state index is 0.0606. The third-order valence-corrected chi connectivity index (χ3v) is 3.72. The van der Waals surface area contributed by atoms with Gasteiger partial charge in [-0.1, -0.05) is 12.2 Å². The first-order valence-corrected chi connectivity index (χ1v) is 6.39. The van der Waals surface area contributed by atoms with E-state index in [1.165, 1.54) is 0 Å². The van der Waals surface area contributed by atoms with Gasteiger partial charge in [0.1, 0.15) is 0 Å². The molecule has 2 fully saturated rings. The lowest BCUT2D eigenvalue weighted by Crippen LogP contribution is -2.31. The zero-order valence-electron chi connectivity index (χ0n) is 9.92. The van der Waals surface area contributed by atoms with Crippen LogP contribution >= 0.6 is 0 Å². The van der Waals surface area contributed by atoms with E-state index in [1.54, 1.807) is 0 Å². The molecule has 0 aromatic heterocycles. The van der Waals surface area contributed by atoms with Gasteiger partial charge in [-0.2, -0.15) is 0 Å². The average Bonchev–Trinajstić information content (AvgIpc) is 2.85. The molecular formula is C13H20O4. The zero-order valence-corrected chi connectivity index (χ0v) is 9.92. The van der Waals surface area contributed by atoms with Crippen molar-refractivity contribution in [3.05, 3.63) is 12.2 Å². The van der Waals surface area contributed by atoms with Crippen LogP contribution in [0.1, 0.15) is 38.5 Å². The van der Waals surface area contributed by atoms with Gasteiger partial charge < -0.3 is 14.9 Å². The molecule has 0 amide bonds. The van der Waals surface area contributed by atoms with Crippen molar-refractivity contribution in [3.8, 4) is 0 Å². The Morgan fingerprint density at radius 1 is 1.29 bits per heavy atom. The minimum Gasteiger partial charge on any atom is -0.481 e. The molecule has 2 saturated heterocycles. The number of carboxylic acids is 1. The van der Waals surface area contributed by atoms with Gasteiger partial charge in [-0.3, -0.25) is 4.79 Å². The molecule has 2 rings (SSSR count). The summed E-state index contributed by atoms with van der Waals surface area (Å²) < 4.78 is 5.65. The number of aliphatic carboxylic acids is 1. The highest BCUT2D eigenvalue weighted by Gasteiger charge is 2.47. The Hall–Kier alpha value is -0.870. The fraction of sp³-hybridized carbons (Fsp3) is 0.769. The predicted octanol–water partition coefficient (Wildman–Crippen LogP) is 1.73. The number of hydrogen-bond donors (Lipinski definition) is 2. The summed E-state index contributed by atoms with van der Waals surface area (Å²) in [4.78, 5) is 10.3. The molecule has 0 aliphatic carbocycles. The van der Waals surface area contributed by atoms with Crippen LogP contribution in [-0.4, -0.2) is 34.5 Å². The van der Waals surface area contributed by atoms with E-state index in [1.807, 2.05) is 6.08 Å². The van der Waals surface area contributed by atoms with Crippen molar-refractivity contribution >= 4 is 5.97 Å². The fourth-order valence-corrected chi connectivity index (χ4v) is 2.78. The SMILES string of the molecule is O=C(O)CCC/C=C\C[C@H]1[C@@H](O)[C@H]2CC[C@@H]1O2. The number of carbonyl (C=O) groups is 1. The average molecular weight is 240 g/mol. The summed E-state index contributed by atoms with van der Waals surface area (Å²) in [6, 6.07) is 0. The van der Waals surface area contributed by atoms with Crippen LogP contribution in [0, 0.1) is 5.92 Å². The molecule has 2 N–H and O–H groups in total. The van der Waals surface area contributed by atoms with Crippen LogP contribution in [0.25, 0.3) is 0 Å². The van der Waals surface area contributed by atoms with Crippen molar-refractivity contribution in [2.45, 2.75) is 56.8 Å². The van der Waals surface area contributed by atoms with E-state index >= 15 is 0 Å². The third kappa shape index (κ3) is 3.07. The largest absolute Gasteiger partial charge is 0.481 e. The normalized spacial score (nSPS) is 35.8. The molecule has 0 radical (unpaired) electrons. The smallest absolute Gasteiger partial charge is 0.303 e. The van der Waals surface area contributed by atoms with Gasteiger partial charge in [0.25, 0.3) is 0 Å². The number of aliphatic hydroxyl groups excluding tert-OH is 1. The van der Waals surface area contributed by atoms with Gasteiger partial charge in [-0.25, -0.2) is 0 Å². The van der Waals surface area contributed by atoms with E-state index in [0.29, 0.717) is 6.42 Å². The number of fused-ring (bicyclic) bond motifs is 2. The van der Waals surface area contributed by atoms with Crippen molar-refractivity contribution in [3.63, 3.8) is 0 Å². The number of carboxylic acid groups (broad SMARTS) is 1. The van der Waals surface area contributed by atoms with E-state index < -0.39 is 5.97 Å². The molecular weight excluding hydrogens is 220 g/mol. The summed E-state index contributed by atoms with van der Waals surface area (Å²) in [5, 5.41) is 18.4. The van der Waals surface area contributed by atoms with Crippen LogP contribution in [0.3, 0.4) is 0 Å². The van der Waals surface area contributed by atoms with Crippen LogP contribution < -0.4 is 0 Å². The number of aliphatic hydroxyl groups is 1. The van der Waals surface area contributed by atoms with Crippen LogP contribution in [0.4, 0.5) is 0 Å². The summed E-state index contributed by atoms with van der Waals surface area (Å²) >= 11 is 0. The lowest BCUT2D eigenvalue weighted by atomic mass is 9.84. The number of rotatable bonds is 6. The zero-order chi connectivity index (χ0) is 12.3. The number of allylic oxidation sites excluding steroid dienone is 2. The Labute approximate surface area is 101 Å². The Bertz CT molecular complexity index is 298. The van der Waals surface area contributed by atoms with E-state index in [9.17, 15) is 9.90 Å². The first kappa shape index (κ1) is 12.6. The number of hydrogen-bond acceptors (Lipinski definition) is 3. The molecule has 4 nitrogen and oxygen atoms in total. The van der Waals surface area contributed by atoms with Crippen molar-refractivity contribution in [1.29, 1.82) is 0 Å². The van der Waals surface area contributed by atoms with Gasteiger partial charge in [0, 0.05) is 12.3 Å². The quantitative estimate of drug-likeness (QED) is 0.548. The number of unbranched alkanes of at least 4 members (excludes halogenated alkanes) is 1. The Kier molecular flexibility index (Phi) is 4.18. The second-order valence-corrected chi connectivity index (χ2v) is 4.94. The van der Waals surface area contributed by atoms with Gasteiger partial charge in [0.05, 0.1) is 18.3 Å². The van der Waals surface area contributed by atoms with Crippen molar-refractivity contribution in [1.82, 2.24) is 0 Å². The maximum absolute atomic E-state index is 10.3. The van der Waals surface area contributed by atoms with Gasteiger partial charge in [0.2, 0.25) is 0 Å². The summed E-state index contributed by atoms with van der Waals surface area (Å²) in [6.07, 6.45) is 8.66. The monoisotopic (exact) mass is 240 g/mol. The Morgan fingerprint density at radius 2 is 2.06 bits per heavy atom. The molecule has 4 atom stereocenters. The van der Waals surface area contributed by atoms with E-state index in [4.69, 9.17) is 9.84 Å². The molecule has 0 spiro atoms. The molecule has 17 heavy (non-hydrogen) atoms.